The van der Waals surface area contributed by atoms with E-state index < -0.39 is 0 Å². The molecule has 2 N–H and O–H groups in total. The van der Waals surface area contributed by atoms with Gasteiger partial charge in [-0.3, -0.25) is 0 Å². The molecule has 0 atom stereocenters. The number of nitrogens with one attached hydrogen (secondary N) is 2. The summed E-state index contributed by atoms with van der Waals surface area (Å²) in [7, 11) is 0. The first-order valence-corrected chi connectivity index (χ1v) is 8.94. The van der Waals surface area contributed by atoms with Crippen LogP contribution in [0.3, 0.4) is 0 Å². The summed E-state index contributed by atoms with van der Waals surface area (Å²) in [5.41, 5.74) is 3.88. The first-order chi connectivity index (χ1) is 11.3. The molecule has 0 aliphatic carbocycles. The molecule has 4 heteroatoms. The predicted octanol–water partition coefficient (Wildman–Crippen LogP) is 4.04. The standard InChI is InChI=1S/C19H21N3S/c1-14-5-2-3-8-18(14)23-19-13-15-16(21-19)6-4-7-17(15)22-11-9-20-10-12-22/h2-8,13,20-21H,9-12H2,1H3. The lowest BCUT2D eigenvalue weighted by molar-refractivity contribution is 0.590. The number of hydrogen-bond acceptors (Lipinski definition) is 3. The third kappa shape index (κ3) is 2.96. The van der Waals surface area contributed by atoms with E-state index in [1.54, 1.807) is 0 Å². The van der Waals surface area contributed by atoms with E-state index in [1.807, 2.05) is 11.8 Å². The van der Waals surface area contributed by atoms with E-state index in [1.165, 1.54) is 32.1 Å². The lowest BCUT2D eigenvalue weighted by Crippen LogP contribution is -2.43. The Morgan fingerprint density at radius 2 is 1.83 bits per heavy atom. The molecule has 23 heavy (non-hydrogen) atoms. The fourth-order valence-corrected chi connectivity index (χ4v) is 4.09. The van der Waals surface area contributed by atoms with Crippen LogP contribution >= 0.6 is 11.8 Å². The van der Waals surface area contributed by atoms with Crippen molar-refractivity contribution in [2.45, 2.75) is 16.8 Å². The van der Waals surface area contributed by atoms with E-state index in [0.29, 0.717) is 0 Å². The molecule has 1 aliphatic rings. The fourth-order valence-electron chi connectivity index (χ4n) is 3.14. The summed E-state index contributed by atoms with van der Waals surface area (Å²) in [6.45, 7) is 6.43. The van der Waals surface area contributed by atoms with Crippen LogP contribution in [0.15, 0.2) is 58.5 Å². The van der Waals surface area contributed by atoms with Crippen LogP contribution in [0, 0.1) is 6.92 Å². The van der Waals surface area contributed by atoms with Crippen LogP contribution < -0.4 is 10.2 Å². The van der Waals surface area contributed by atoms with Gasteiger partial charge in [-0.05, 0) is 36.8 Å². The molecule has 1 aliphatic heterocycles. The highest BCUT2D eigenvalue weighted by Crippen LogP contribution is 2.35. The van der Waals surface area contributed by atoms with E-state index in [9.17, 15) is 0 Å². The number of benzene rings is 2. The molecule has 0 saturated carbocycles. The number of H-pyrrole nitrogens is 1. The van der Waals surface area contributed by atoms with Crippen LogP contribution in [-0.2, 0) is 0 Å². The average molecular weight is 323 g/mol. The minimum Gasteiger partial charge on any atom is -0.368 e. The third-order valence-corrected chi connectivity index (χ3v) is 5.51. The van der Waals surface area contributed by atoms with Crippen molar-refractivity contribution in [3.63, 3.8) is 0 Å². The summed E-state index contributed by atoms with van der Waals surface area (Å²) >= 11 is 1.81. The smallest absolute Gasteiger partial charge is 0.0781 e. The van der Waals surface area contributed by atoms with Gasteiger partial charge in [0.25, 0.3) is 0 Å². The Morgan fingerprint density at radius 3 is 2.65 bits per heavy atom. The largest absolute Gasteiger partial charge is 0.368 e. The van der Waals surface area contributed by atoms with Gasteiger partial charge in [0.15, 0.2) is 0 Å². The number of piperazine rings is 1. The van der Waals surface area contributed by atoms with Crippen molar-refractivity contribution in [3.05, 3.63) is 54.1 Å². The molecule has 0 bridgehead atoms. The van der Waals surface area contributed by atoms with Crippen molar-refractivity contribution in [1.29, 1.82) is 0 Å². The summed E-state index contributed by atoms with van der Waals surface area (Å²) < 4.78 is 0. The number of rotatable bonds is 3. The van der Waals surface area contributed by atoms with E-state index in [0.717, 1.165) is 26.2 Å². The molecule has 2 aromatic carbocycles. The number of aromatic nitrogens is 1. The first-order valence-electron chi connectivity index (χ1n) is 8.12. The number of nitrogens with zero attached hydrogens (tertiary/aromatic N) is 1. The maximum Gasteiger partial charge on any atom is 0.0781 e. The molecular formula is C19H21N3S. The Morgan fingerprint density at radius 1 is 1.00 bits per heavy atom. The molecule has 0 radical (unpaired) electrons. The Kier molecular flexibility index (Phi) is 4.02. The monoisotopic (exact) mass is 323 g/mol. The highest BCUT2D eigenvalue weighted by atomic mass is 32.2. The Balaban J connectivity index is 1.69. The molecule has 3 nitrogen and oxygen atoms in total. The van der Waals surface area contributed by atoms with Crippen molar-refractivity contribution >= 4 is 28.4 Å². The second kappa shape index (κ2) is 6.30. The molecule has 0 spiro atoms. The number of aromatic amines is 1. The van der Waals surface area contributed by atoms with Gasteiger partial charge in [0, 0.05) is 47.7 Å². The summed E-state index contributed by atoms with van der Waals surface area (Å²) in [6.07, 6.45) is 0. The van der Waals surface area contributed by atoms with Crippen LogP contribution in [0.2, 0.25) is 0 Å². The van der Waals surface area contributed by atoms with Crippen LogP contribution in [-0.4, -0.2) is 31.2 Å². The van der Waals surface area contributed by atoms with Crippen molar-refractivity contribution in [3.8, 4) is 0 Å². The van der Waals surface area contributed by atoms with Crippen molar-refractivity contribution in [2.24, 2.45) is 0 Å². The highest BCUT2D eigenvalue weighted by molar-refractivity contribution is 7.99. The molecule has 2 heterocycles. The van der Waals surface area contributed by atoms with Gasteiger partial charge in [0.2, 0.25) is 0 Å². The maximum absolute atomic E-state index is 3.57. The predicted molar refractivity (Wildman–Crippen MR) is 98.7 cm³/mol. The third-order valence-electron chi connectivity index (χ3n) is 4.39. The zero-order chi connectivity index (χ0) is 15.6. The Hall–Kier alpha value is -1.91. The van der Waals surface area contributed by atoms with E-state index in [4.69, 9.17) is 0 Å². The normalized spacial score (nSPS) is 15.3. The number of fused-ring (bicyclic) bond motifs is 1. The number of hydrogen-bond donors (Lipinski definition) is 2. The summed E-state index contributed by atoms with van der Waals surface area (Å²) in [5, 5.41) is 5.95. The van der Waals surface area contributed by atoms with Crippen LogP contribution in [0.1, 0.15) is 5.56 Å². The molecule has 1 saturated heterocycles. The summed E-state index contributed by atoms with van der Waals surface area (Å²) in [5.74, 6) is 0. The lowest BCUT2D eigenvalue weighted by atomic mass is 10.2. The maximum atomic E-state index is 3.57. The molecule has 4 rings (SSSR count). The zero-order valence-electron chi connectivity index (χ0n) is 13.3. The molecule has 3 aromatic rings. The van der Waals surface area contributed by atoms with Gasteiger partial charge in [-0.25, -0.2) is 0 Å². The van der Waals surface area contributed by atoms with Gasteiger partial charge in [0.1, 0.15) is 0 Å². The quantitative estimate of drug-likeness (QED) is 0.763. The second-order valence-corrected chi connectivity index (χ2v) is 7.06. The summed E-state index contributed by atoms with van der Waals surface area (Å²) in [6, 6.07) is 17.4. The van der Waals surface area contributed by atoms with Gasteiger partial charge >= 0.3 is 0 Å². The van der Waals surface area contributed by atoms with Crippen LogP contribution in [0.25, 0.3) is 10.9 Å². The molecule has 118 valence electrons. The zero-order valence-corrected chi connectivity index (χ0v) is 14.1. The van der Waals surface area contributed by atoms with Crippen molar-refractivity contribution in [1.82, 2.24) is 10.3 Å². The van der Waals surface area contributed by atoms with E-state index >= 15 is 0 Å². The van der Waals surface area contributed by atoms with E-state index in [2.05, 4.69) is 70.7 Å². The minimum absolute atomic E-state index is 1.06. The van der Waals surface area contributed by atoms with Gasteiger partial charge < -0.3 is 15.2 Å². The number of anilines is 1. The Bertz CT molecular complexity index is 818. The molecular weight excluding hydrogens is 302 g/mol. The Labute approximate surface area is 141 Å². The highest BCUT2D eigenvalue weighted by Gasteiger charge is 2.15. The molecule has 0 amide bonds. The first kappa shape index (κ1) is 14.7. The van der Waals surface area contributed by atoms with Gasteiger partial charge in [-0.1, -0.05) is 36.0 Å². The second-order valence-electron chi connectivity index (χ2n) is 5.98. The van der Waals surface area contributed by atoms with Gasteiger partial charge in [-0.15, -0.1) is 0 Å². The average Bonchev–Trinajstić information content (AvgIpc) is 3.00. The van der Waals surface area contributed by atoms with Crippen LogP contribution in [0.4, 0.5) is 5.69 Å². The fraction of sp³-hybridized carbons (Fsp3) is 0.263. The van der Waals surface area contributed by atoms with Crippen molar-refractivity contribution < 1.29 is 0 Å². The molecule has 0 unspecified atom stereocenters. The molecule has 1 aromatic heterocycles. The van der Waals surface area contributed by atoms with Gasteiger partial charge in [-0.2, -0.15) is 0 Å². The number of aryl methyl sites for hydroxylation is 1. The van der Waals surface area contributed by atoms with E-state index in [-0.39, 0.29) is 0 Å². The lowest BCUT2D eigenvalue weighted by Gasteiger charge is -2.30. The molecule has 1 fully saturated rings. The summed E-state index contributed by atoms with van der Waals surface area (Å²) in [4.78, 5) is 7.36. The van der Waals surface area contributed by atoms with Crippen LogP contribution in [0.5, 0.6) is 0 Å². The minimum atomic E-state index is 1.06. The topological polar surface area (TPSA) is 31.1 Å². The van der Waals surface area contributed by atoms with Crippen molar-refractivity contribution in [2.75, 3.05) is 31.1 Å². The van der Waals surface area contributed by atoms with Gasteiger partial charge in [0.05, 0.1) is 5.03 Å². The SMILES string of the molecule is Cc1ccccc1Sc1cc2c(N3CCNCC3)cccc2[nH]1.